The maximum atomic E-state index is 11.5. The first kappa shape index (κ1) is 12.4. The molecule has 4 nitrogen and oxygen atoms in total. The molecule has 2 rings (SSSR count). The molecule has 0 aromatic rings. The number of allylic oxidation sites excluding steroid dienone is 5. The quantitative estimate of drug-likeness (QED) is 0.788. The van der Waals surface area contributed by atoms with Crippen LogP contribution >= 0.6 is 0 Å². The lowest BCUT2D eigenvalue weighted by atomic mass is 9.89. The van der Waals surface area contributed by atoms with Crippen molar-refractivity contribution in [3.8, 4) is 0 Å². The van der Waals surface area contributed by atoms with Gasteiger partial charge >= 0.3 is 0 Å². The highest BCUT2D eigenvalue weighted by molar-refractivity contribution is 7.90. The van der Waals surface area contributed by atoms with E-state index < -0.39 is 10.1 Å². The van der Waals surface area contributed by atoms with Crippen molar-refractivity contribution in [2.75, 3.05) is 6.61 Å². The Labute approximate surface area is 101 Å². The van der Waals surface area contributed by atoms with Crippen LogP contribution in [0.1, 0.15) is 32.6 Å². The summed E-state index contributed by atoms with van der Waals surface area (Å²) in [5, 5.41) is 0. The van der Waals surface area contributed by atoms with Gasteiger partial charge in [0.1, 0.15) is 10.7 Å². The molecule has 94 valence electrons. The molecule has 0 fully saturated rings. The van der Waals surface area contributed by atoms with Crippen LogP contribution in [0.15, 0.2) is 34.0 Å². The summed E-state index contributed by atoms with van der Waals surface area (Å²) in [6.07, 6.45) is 6.87. The third kappa shape index (κ3) is 2.45. The summed E-state index contributed by atoms with van der Waals surface area (Å²) in [5.74, 6) is 0.389. The molecule has 2 aliphatic rings. The second kappa shape index (κ2) is 4.66. The SMILES string of the molecule is CCOC1=C(S(=O)(=O)O)C2=C(CCC=C2)CC1. The molecular weight excluding hydrogens is 240 g/mol. The summed E-state index contributed by atoms with van der Waals surface area (Å²) in [7, 11) is -4.22. The first-order chi connectivity index (χ1) is 8.04. The zero-order valence-corrected chi connectivity index (χ0v) is 10.6. The molecule has 2 aliphatic carbocycles. The van der Waals surface area contributed by atoms with E-state index in [1.165, 1.54) is 0 Å². The van der Waals surface area contributed by atoms with Gasteiger partial charge in [-0.2, -0.15) is 8.42 Å². The van der Waals surface area contributed by atoms with Crippen LogP contribution in [0, 0.1) is 0 Å². The van der Waals surface area contributed by atoms with Crippen LogP contribution in [0.2, 0.25) is 0 Å². The van der Waals surface area contributed by atoms with Crippen molar-refractivity contribution in [3.63, 3.8) is 0 Å². The minimum atomic E-state index is -4.22. The summed E-state index contributed by atoms with van der Waals surface area (Å²) in [5.41, 5.74) is 1.73. The minimum absolute atomic E-state index is 0.0310. The van der Waals surface area contributed by atoms with Gasteiger partial charge in [-0.3, -0.25) is 4.55 Å². The van der Waals surface area contributed by atoms with Gasteiger partial charge < -0.3 is 4.74 Å². The Hall–Kier alpha value is -1.07. The molecule has 0 spiro atoms. The number of hydrogen-bond donors (Lipinski definition) is 1. The molecule has 17 heavy (non-hydrogen) atoms. The summed E-state index contributed by atoms with van der Waals surface area (Å²) in [6, 6.07) is 0. The molecule has 0 heterocycles. The molecule has 0 aliphatic heterocycles. The highest BCUT2D eigenvalue weighted by atomic mass is 32.2. The summed E-state index contributed by atoms with van der Waals surface area (Å²) < 4.78 is 37.6. The molecule has 0 aromatic heterocycles. The van der Waals surface area contributed by atoms with E-state index in [2.05, 4.69) is 0 Å². The maximum Gasteiger partial charge on any atom is 0.298 e. The lowest BCUT2D eigenvalue weighted by Crippen LogP contribution is -2.16. The van der Waals surface area contributed by atoms with E-state index in [1.807, 2.05) is 6.08 Å². The minimum Gasteiger partial charge on any atom is -0.497 e. The zero-order chi connectivity index (χ0) is 12.5. The number of ether oxygens (including phenoxy) is 1. The average Bonchev–Trinajstić information content (AvgIpc) is 2.27. The highest BCUT2D eigenvalue weighted by Gasteiger charge is 2.30. The van der Waals surface area contributed by atoms with Crippen molar-refractivity contribution >= 4 is 10.1 Å². The largest absolute Gasteiger partial charge is 0.497 e. The fourth-order valence-electron chi connectivity index (χ4n) is 2.33. The van der Waals surface area contributed by atoms with Crippen LogP contribution in [-0.2, 0) is 14.9 Å². The van der Waals surface area contributed by atoms with E-state index in [0.717, 1.165) is 24.8 Å². The van der Waals surface area contributed by atoms with Crippen LogP contribution in [0.4, 0.5) is 0 Å². The van der Waals surface area contributed by atoms with E-state index in [1.54, 1.807) is 13.0 Å². The van der Waals surface area contributed by atoms with Crippen LogP contribution in [0.5, 0.6) is 0 Å². The Morgan fingerprint density at radius 1 is 1.35 bits per heavy atom. The predicted molar refractivity (Wildman–Crippen MR) is 64.8 cm³/mol. The first-order valence-electron chi connectivity index (χ1n) is 5.76. The summed E-state index contributed by atoms with van der Waals surface area (Å²) in [6.45, 7) is 2.20. The van der Waals surface area contributed by atoms with Crippen LogP contribution in [0.25, 0.3) is 0 Å². The van der Waals surface area contributed by atoms with E-state index in [-0.39, 0.29) is 4.91 Å². The molecule has 0 radical (unpaired) electrons. The molecule has 0 saturated carbocycles. The van der Waals surface area contributed by atoms with Gasteiger partial charge in [0.05, 0.1) is 6.61 Å². The topological polar surface area (TPSA) is 63.6 Å². The van der Waals surface area contributed by atoms with E-state index in [9.17, 15) is 13.0 Å². The Bertz CT molecular complexity index is 509. The molecule has 0 amide bonds. The second-order valence-electron chi connectivity index (χ2n) is 4.12. The third-order valence-corrected chi connectivity index (χ3v) is 3.97. The molecule has 5 heteroatoms. The normalized spacial score (nSPS) is 20.6. The zero-order valence-electron chi connectivity index (χ0n) is 9.77. The second-order valence-corrected chi connectivity index (χ2v) is 5.48. The van der Waals surface area contributed by atoms with E-state index >= 15 is 0 Å². The fourth-order valence-corrected chi connectivity index (χ4v) is 3.27. The molecular formula is C12H16O4S. The monoisotopic (exact) mass is 256 g/mol. The third-order valence-electron chi connectivity index (χ3n) is 3.01. The van der Waals surface area contributed by atoms with Crippen LogP contribution in [-0.4, -0.2) is 19.6 Å². The highest BCUT2D eigenvalue weighted by Crippen LogP contribution is 2.38. The van der Waals surface area contributed by atoms with Crippen molar-refractivity contribution in [1.82, 2.24) is 0 Å². The Balaban J connectivity index is 2.55. The molecule has 0 aromatic carbocycles. The van der Waals surface area contributed by atoms with Crippen molar-refractivity contribution in [2.24, 2.45) is 0 Å². The van der Waals surface area contributed by atoms with Crippen molar-refractivity contribution in [3.05, 3.63) is 34.0 Å². The van der Waals surface area contributed by atoms with E-state index in [4.69, 9.17) is 4.74 Å². The number of hydrogen-bond acceptors (Lipinski definition) is 3. The van der Waals surface area contributed by atoms with Crippen LogP contribution < -0.4 is 0 Å². The Kier molecular flexibility index (Phi) is 3.40. The predicted octanol–water partition coefficient (Wildman–Crippen LogP) is 2.56. The first-order valence-corrected chi connectivity index (χ1v) is 7.20. The van der Waals surface area contributed by atoms with Crippen molar-refractivity contribution < 1.29 is 17.7 Å². The van der Waals surface area contributed by atoms with E-state index in [0.29, 0.717) is 24.4 Å². The lowest BCUT2D eigenvalue weighted by Gasteiger charge is -2.25. The Morgan fingerprint density at radius 3 is 2.76 bits per heavy atom. The van der Waals surface area contributed by atoms with Gasteiger partial charge in [-0.05, 0) is 31.8 Å². The van der Waals surface area contributed by atoms with Gasteiger partial charge in [0.25, 0.3) is 10.1 Å². The number of rotatable bonds is 3. The van der Waals surface area contributed by atoms with Gasteiger partial charge in [-0.25, -0.2) is 0 Å². The molecule has 0 saturated heterocycles. The molecule has 0 bridgehead atoms. The van der Waals surface area contributed by atoms with Gasteiger partial charge in [0.15, 0.2) is 0 Å². The summed E-state index contributed by atoms with van der Waals surface area (Å²) >= 11 is 0. The molecule has 1 N–H and O–H groups in total. The maximum absolute atomic E-state index is 11.5. The smallest absolute Gasteiger partial charge is 0.298 e. The van der Waals surface area contributed by atoms with Gasteiger partial charge in [0.2, 0.25) is 0 Å². The Morgan fingerprint density at radius 2 is 2.12 bits per heavy atom. The fraction of sp³-hybridized carbons (Fsp3) is 0.500. The average molecular weight is 256 g/mol. The molecule has 0 unspecified atom stereocenters. The van der Waals surface area contributed by atoms with Crippen molar-refractivity contribution in [1.29, 1.82) is 0 Å². The lowest BCUT2D eigenvalue weighted by molar-refractivity contribution is 0.215. The molecule has 0 atom stereocenters. The van der Waals surface area contributed by atoms with Gasteiger partial charge in [-0.1, -0.05) is 17.7 Å². The summed E-state index contributed by atoms with van der Waals surface area (Å²) in [4.78, 5) is -0.0310. The van der Waals surface area contributed by atoms with Gasteiger partial charge in [0, 0.05) is 6.42 Å². The standard InChI is InChI=1S/C12H16O4S/c1-2-16-11-8-7-9-5-3-4-6-10(9)12(11)17(13,14)15/h4,6H,2-3,5,7-8H2,1H3,(H,13,14,15). The van der Waals surface area contributed by atoms with Gasteiger partial charge in [-0.15, -0.1) is 0 Å². The van der Waals surface area contributed by atoms with Crippen molar-refractivity contribution in [2.45, 2.75) is 32.6 Å². The van der Waals surface area contributed by atoms with Crippen LogP contribution in [0.3, 0.4) is 0 Å².